The van der Waals surface area contributed by atoms with Gasteiger partial charge in [0.2, 0.25) is 0 Å². The molecule has 1 aromatic heterocycles. The van der Waals surface area contributed by atoms with E-state index in [0.29, 0.717) is 12.0 Å². The van der Waals surface area contributed by atoms with Crippen LogP contribution in [0.5, 0.6) is 0 Å². The topological polar surface area (TPSA) is 28.2 Å². The molecule has 0 amide bonds. The Morgan fingerprint density at radius 1 is 1.47 bits per heavy atom. The second kappa shape index (κ2) is 6.62. The summed E-state index contributed by atoms with van der Waals surface area (Å²) in [5.41, 5.74) is 2.54. The molecule has 0 aromatic carbocycles. The number of aromatic nitrogens is 1. The van der Waals surface area contributed by atoms with E-state index in [4.69, 9.17) is 4.98 Å². The highest BCUT2D eigenvalue weighted by atomic mass is 32.2. The van der Waals surface area contributed by atoms with Gasteiger partial charge in [-0.25, -0.2) is 4.98 Å². The van der Waals surface area contributed by atoms with Crippen molar-refractivity contribution in [1.82, 2.24) is 10.3 Å². The summed E-state index contributed by atoms with van der Waals surface area (Å²) in [4.78, 5) is 7.34. The van der Waals surface area contributed by atoms with E-state index < -0.39 is 0 Å². The van der Waals surface area contributed by atoms with Crippen LogP contribution in [0, 0.1) is 0 Å². The van der Waals surface area contributed by atoms with Crippen LogP contribution in [0.2, 0.25) is 0 Å². The van der Waals surface area contributed by atoms with Crippen molar-refractivity contribution in [2.24, 2.45) is 0 Å². The standard InChI is InChI=1S/C15H25N3S/c1-11(2)14-7-13(9-16-4)8-15(17-14)18-5-6-19-10-12(18)3/h7-8,11-12,16H,5-6,9-10H2,1-4H3. The number of rotatable bonds is 4. The molecule has 0 radical (unpaired) electrons. The number of nitrogens with zero attached hydrogens (tertiary/aromatic N) is 2. The molecule has 1 aliphatic rings. The molecule has 1 aromatic rings. The van der Waals surface area contributed by atoms with Crippen LogP contribution < -0.4 is 10.2 Å². The fraction of sp³-hybridized carbons (Fsp3) is 0.667. The van der Waals surface area contributed by atoms with Crippen molar-refractivity contribution in [1.29, 1.82) is 0 Å². The summed E-state index contributed by atoms with van der Waals surface area (Å²) in [5, 5.41) is 3.24. The third kappa shape index (κ3) is 3.63. The van der Waals surface area contributed by atoms with Crippen molar-refractivity contribution >= 4 is 17.6 Å². The Kier molecular flexibility index (Phi) is 5.11. The molecule has 4 heteroatoms. The minimum Gasteiger partial charge on any atom is -0.352 e. The zero-order valence-corrected chi connectivity index (χ0v) is 13.3. The van der Waals surface area contributed by atoms with E-state index in [2.05, 4.69) is 43.1 Å². The molecule has 19 heavy (non-hydrogen) atoms. The Balaban J connectivity index is 2.31. The Bertz CT molecular complexity index is 420. The van der Waals surface area contributed by atoms with Gasteiger partial charge in [-0.2, -0.15) is 11.8 Å². The van der Waals surface area contributed by atoms with Gasteiger partial charge in [0.05, 0.1) is 0 Å². The maximum absolute atomic E-state index is 4.88. The Morgan fingerprint density at radius 3 is 2.89 bits per heavy atom. The van der Waals surface area contributed by atoms with Crippen LogP contribution in [-0.4, -0.2) is 36.1 Å². The molecular formula is C15H25N3S. The second-order valence-corrected chi connectivity index (χ2v) is 6.71. The molecule has 0 spiro atoms. The highest BCUT2D eigenvalue weighted by molar-refractivity contribution is 7.99. The van der Waals surface area contributed by atoms with Crippen molar-refractivity contribution in [3.8, 4) is 0 Å². The van der Waals surface area contributed by atoms with Gasteiger partial charge < -0.3 is 10.2 Å². The maximum Gasteiger partial charge on any atom is 0.129 e. The lowest BCUT2D eigenvalue weighted by molar-refractivity contribution is 0.680. The van der Waals surface area contributed by atoms with E-state index in [9.17, 15) is 0 Å². The van der Waals surface area contributed by atoms with Crippen molar-refractivity contribution in [3.05, 3.63) is 23.4 Å². The van der Waals surface area contributed by atoms with E-state index in [1.807, 2.05) is 18.8 Å². The summed E-state index contributed by atoms with van der Waals surface area (Å²) >= 11 is 2.04. The highest BCUT2D eigenvalue weighted by Gasteiger charge is 2.21. The Labute approximate surface area is 121 Å². The maximum atomic E-state index is 4.88. The molecule has 106 valence electrons. The molecule has 0 bridgehead atoms. The summed E-state index contributed by atoms with van der Waals surface area (Å²) in [6.07, 6.45) is 0. The van der Waals surface area contributed by atoms with Gasteiger partial charge in [0, 0.05) is 36.3 Å². The molecular weight excluding hydrogens is 254 g/mol. The van der Waals surface area contributed by atoms with Crippen LogP contribution in [0.4, 0.5) is 5.82 Å². The largest absolute Gasteiger partial charge is 0.352 e. The third-order valence-corrected chi connectivity index (χ3v) is 4.72. The van der Waals surface area contributed by atoms with Gasteiger partial charge in [0.15, 0.2) is 0 Å². The number of hydrogen-bond acceptors (Lipinski definition) is 4. The van der Waals surface area contributed by atoms with Crippen LogP contribution >= 0.6 is 11.8 Å². The zero-order valence-electron chi connectivity index (χ0n) is 12.4. The molecule has 2 heterocycles. The minimum atomic E-state index is 0.477. The minimum absolute atomic E-state index is 0.477. The fourth-order valence-corrected chi connectivity index (χ4v) is 3.42. The molecule has 1 N–H and O–H groups in total. The first-order valence-electron chi connectivity index (χ1n) is 7.11. The van der Waals surface area contributed by atoms with Gasteiger partial charge >= 0.3 is 0 Å². The average molecular weight is 279 g/mol. The molecule has 0 saturated carbocycles. The number of thioether (sulfide) groups is 1. The lowest BCUT2D eigenvalue weighted by Crippen LogP contribution is -2.41. The summed E-state index contributed by atoms with van der Waals surface area (Å²) < 4.78 is 0. The zero-order chi connectivity index (χ0) is 13.8. The number of hydrogen-bond donors (Lipinski definition) is 1. The fourth-order valence-electron chi connectivity index (χ4n) is 2.41. The smallest absolute Gasteiger partial charge is 0.129 e. The quantitative estimate of drug-likeness (QED) is 0.917. The predicted molar refractivity (Wildman–Crippen MR) is 85.2 cm³/mol. The Morgan fingerprint density at radius 2 is 2.26 bits per heavy atom. The third-order valence-electron chi connectivity index (χ3n) is 3.53. The van der Waals surface area contributed by atoms with Gasteiger partial charge in [0.25, 0.3) is 0 Å². The van der Waals surface area contributed by atoms with E-state index >= 15 is 0 Å². The Hall–Kier alpha value is -0.740. The SMILES string of the molecule is CNCc1cc(C(C)C)nc(N2CCSCC2C)c1. The van der Waals surface area contributed by atoms with E-state index in [0.717, 1.165) is 18.9 Å². The van der Waals surface area contributed by atoms with Gasteiger partial charge in [-0.05, 0) is 37.6 Å². The first-order valence-corrected chi connectivity index (χ1v) is 8.27. The normalized spacial score (nSPS) is 20.1. The second-order valence-electron chi connectivity index (χ2n) is 5.56. The number of pyridine rings is 1. The lowest BCUT2D eigenvalue weighted by atomic mass is 10.1. The molecule has 1 fully saturated rings. The van der Waals surface area contributed by atoms with Gasteiger partial charge in [-0.1, -0.05) is 13.8 Å². The summed E-state index contributed by atoms with van der Waals surface area (Å²) in [6, 6.07) is 5.05. The van der Waals surface area contributed by atoms with E-state index in [1.165, 1.54) is 22.8 Å². The predicted octanol–water partition coefficient (Wildman–Crippen LogP) is 2.87. The first-order chi connectivity index (χ1) is 9.11. The van der Waals surface area contributed by atoms with Crippen LogP contribution in [0.25, 0.3) is 0 Å². The number of anilines is 1. The molecule has 1 aliphatic heterocycles. The molecule has 0 aliphatic carbocycles. The molecule has 3 nitrogen and oxygen atoms in total. The van der Waals surface area contributed by atoms with Crippen molar-refractivity contribution < 1.29 is 0 Å². The van der Waals surface area contributed by atoms with E-state index in [-0.39, 0.29) is 0 Å². The highest BCUT2D eigenvalue weighted by Crippen LogP contribution is 2.25. The average Bonchev–Trinajstić information content (AvgIpc) is 2.39. The first kappa shape index (κ1) is 14.7. The van der Waals surface area contributed by atoms with Crippen LogP contribution in [0.3, 0.4) is 0 Å². The number of nitrogens with one attached hydrogen (secondary N) is 1. The van der Waals surface area contributed by atoms with Gasteiger partial charge in [-0.15, -0.1) is 0 Å². The van der Waals surface area contributed by atoms with Gasteiger partial charge in [0.1, 0.15) is 5.82 Å². The molecule has 1 unspecified atom stereocenters. The van der Waals surface area contributed by atoms with Crippen LogP contribution in [0.15, 0.2) is 12.1 Å². The van der Waals surface area contributed by atoms with Crippen molar-refractivity contribution in [2.45, 2.75) is 39.3 Å². The molecule has 2 rings (SSSR count). The van der Waals surface area contributed by atoms with Crippen molar-refractivity contribution in [2.75, 3.05) is 30.0 Å². The van der Waals surface area contributed by atoms with Crippen LogP contribution in [-0.2, 0) is 6.54 Å². The summed E-state index contributed by atoms with van der Waals surface area (Å²) in [6.45, 7) is 8.74. The van der Waals surface area contributed by atoms with Crippen molar-refractivity contribution in [3.63, 3.8) is 0 Å². The van der Waals surface area contributed by atoms with Crippen LogP contribution in [0.1, 0.15) is 37.9 Å². The molecule has 1 atom stereocenters. The summed E-state index contributed by atoms with van der Waals surface area (Å²) in [7, 11) is 2.00. The lowest BCUT2D eigenvalue weighted by Gasteiger charge is -2.34. The van der Waals surface area contributed by atoms with Gasteiger partial charge in [-0.3, -0.25) is 0 Å². The summed E-state index contributed by atoms with van der Waals surface area (Å²) in [5.74, 6) is 4.04. The molecule has 1 saturated heterocycles. The van der Waals surface area contributed by atoms with E-state index in [1.54, 1.807) is 0 Å². The monoisotopic (exact) mass is 279 g/mol.